The van der Waals surface area contributed by atoms with E-state index in [4.69, 9.17) is 74.8 Å². The summed E-state index contributed by atoms with van der Waals surface area (Å²) in [6.45, 7) is 6.51. The number of halogens is 4. The first-order valence-electron chi connectivity index (χ1n) is 44.7. The van der Waals surface area contributed by atoms with Crippen molar-refractivity contribution in [3.63, 3.8) is 0 Å². The average molecular weight is 1980 g/mol. The van der Waals surface area contributed by atoms with Gasteiger partial charge in [0.2, 0.25) is 35.6 Å². The van der Waals surface area contributed by atoms with Gasteiger partial charge in [-0.15, -0.1) is 0 Å². The monoisotopic (exact) mass is 1980 g/mol. The van der Waals surface area contributed by atoms with E-state index in [1.165, 1.54) is 24.8 Å². The molecule has 2 fully saturated rings. The highest BCUT2D eigenvalue weighted by molar-refractivity contribution is 6.34. The van der Waals surface area contributed by atoms with Crippen molar-refractivity contribution in [1.82, 2.24) is 39.9 Å². The number of morpholine rings is 2. The lowest BCUT2D eigenvalue weighted by atomic mass is 10.1. The van der Waals surface area contributed by atoms with Crippen molar-refractivity contribution in [2.24, 2.45) is 0 Å². The quantitative estimate of drug-likeness (QED) is 0.0186. The molecule has 2 saturated heterocycles. The van der Waals surface area contributed by atoms with Gasteiger partial charge in [-0.3, -0.25) is 19.2 Å². The summed E-state index contributed by atoms with van der Waals surface area (Å²) in [4.78, 5) is 90.3. The standard InChI is InChI=1S/C28H27ClN6O2.C27H25ClN6O2.C26H24ClN5O3.C25H22ClN5O3/c29-23-19-30-28(31-21-10-12-22(13-11-21)35-14-16-37-17-15-35)34-27(23)33-25-9-5-4-8-24(25)32-26(36)18-20-6-2-1-3-7-20;28-22-18-29-27(30-20-10-12-21(13-11-20)34-14-16-36-17-15-34)33-25(22)31-23-8-4-5-9-24(23)32-26(35)19-6-2-1-3-7-19;1-34-22-13-12-18(15-23(22)35-2)29-26-28-16-19(27)25(32-26)31-21-11-7-6-10-20(21)30-24(33)14-17-8-4-3-5-9-17;1-33-21-13-12-17(14-22(21)34-2)28-25-27-15-18(26)23(31-25)29-19-10-6-7-11-20(19)30-24(32)16-8-4-3-5-9-16/h1-13,19H,14-18H2,(H,32,36)(H2,30,31,33,34);1-13,18H,14-17H2,(H,32,35)(H2,29,30,31,33);3-13,15-16H,14H2,1-2H3,(H,30,33)(H2,28,29,31,32);3-15H,1-2H3,(H,30,32)(H2,27,28,29,31). The lowest BCUT2D eigenvalue weighted by Gasteiger charge is -2.28. The van der Waals surface area contributed by atoms with Crippen LogP contribution in [0.4, 0.5) is 127 Å². The van der Waals surface area contributed by atoms with Gasteiger partial charge in [-0.25, -0.2) is 19.9 Å². The van der Waals surface area contributed by atoms with Gasteiger partial charge in [0.25, 0.3) is 11.8 Å². The molecule has 0 unspecified atom stereocenters. The van der Waals surface area contributed by atoms with Crippen LogP contribution in [0.2, 0.25) is 20.1 Å². The van der Waals surface area contributed by atoms with Crippen molar-refractivity contribution < 1.29 is 47.6 Å². The minimum absolute atomic E-state index is 0.114. The van der Waals surface area contributed by atoms with Crippen LogP contribution in [0.25, 0.3) is 0 Å². The highest BCUT2D eigenvalue weighted by Gasteiger charge is 2.22. The van der Waals surface area contributed by atoms with E-state index in [1.807, 2.05) is 224 Å². The molecular weight excluding hydrogens is 1880 g/mol. The summed E-state index contributed by atoms with van der Waals surface area (Å²) >= 11 is 25.5. The Labute approximate surface area is 839 Å². The second-order valence-electron chi connectivity index (χ2n) is 31.2. The second-order valence-corrected chi connectivity index (χ2v) is 32.9. The van der Waals surface area contributed by atoms with Crippen LogP contribution >= 0.6 is 46.4 Å². The number of ether oxygens (including phenoxy) is 6. The molecule has 32 nitrogen and oxygen atoms in total. The Hall–Kier alpha value is -16.9. The van der Waals surface area contributed by atoms with Crippen molar-refractivity contribution in [3.8, 4) is 23.0 Å². The molecule has 0 radical (unpaired) electrons. The number of methoxy groups -OCH3 is 4. The number of hydrogen-bond acceptors (Lipinski definition) is 28. The lowest BCUT2D eigenvalue weighted by Crippen LogP contribution is -2.36. The highest BCUT2D eigenvalue weighted by Crippen LogP contribution is 2.39. The summed E-state index contributed by atoms with van der Waals surface area (Å²) in [5, 5.41) is 38.7. The van der Waals surface area contributed by atoms with Gasteiger partial charge in [-0.2, -0.15) is 19.9 Å². The first-order valence-corrected chi connectivity index (χ1v) is 46.3. The maximum Gasteiger partial charge on any atom is 0.255 e. The fourth-order valence-corrected chi connectivity index (χ4v) is 14.9. The SMILES string of the molecule is COc1ccc(Nc2ncc(Cl)c(Nc3ccccc3NC(=O)Cc3ccccc3)n2)cc1OC.COc1ccc(Nc2ncc(Cl)c(Nc3ccccc3NC(=O)c3ccccc3)n2)cc1OC.O=C(Cc1ccccc1)Nc1ccccc1Nc1nc(Nc2ccc(N3CCOCC3)cc2)ncc1Cl.O=C(Nc1ccccc1Nc1nc(Nc2ccc(N3CCOCC3)cc2)ncc1Cl)c1ccccc1. The van der Waals surface area contributed by atoms with Crippen LogP contribution in [0.3, 0.4) is 0 Å². The number of para-hydroxylation sites is 8. The molecule has 142 heavy (non-hydrogen) atoms. The molecule has 0 saturated carbocycles. The number of amides is 4. The largest absolute Gasteiger partial charge is 0.493 e. The molecule has 36 heteroatoms. The van der Waals surface area contributed by atoms with Gasteiger partial charge >= 0.3 is 0 Å². The van der Waals surface area contributed by atoms with Gasteiger partial charge < -0.3 is 102 Å². The zero-order chi connectivity index (χ0) is 98.7. The first-order chi connectivity index (χ1) is 69.4. The highest BCUT2D eigenvalue weighted by atomic mass is 35.5. The number of rotatable bonds is 32. The fraction of sp³-hybridized carbons (Fsp3) is 0.132. The van der Waals surface area contributed by atoms with Crippen molar-refractivity contribution in [2.75, 3.05) is 155 Å². The zero-order valence-electron chi connectivity index (χ0n) is 77.3. The van der Waals surface area contributed by atoms with Crippen LogP contribution in [-0.4, -0.2) is 145 Å². The number of aromatic nitrogens is 8. The number of carbonyl (C=O) groups is 4. The fourth-order valence-electron chi connectivity index (χ4n) is 14.4. The minimum Gasteiger partial charge on any atom is -0.493 e. The molecule has 2 aliphatic rings. The van der Waals surface area contributed by atoms with Crippen LogP contribution in [-0.2, 0) is 31.9 Å². The van der Waals surface area contributed by atoms with Crippen LogP contribution in [0.5, 0.6) is 23.0 Å². The third-order valence-corrected chi connectivity index (χ3v) is 22.6. The van der Waals surface area contributed by atoms with E-state index in [1.54, 1.807) is 83.0 Å². The van der Waals surface area contributed by atoms with Crippen LogP contribution < -0.4 is 92.5 Å². The first kappa shape index (κ1) is 99.6. The number of carbonyl (C=O) groups excluding carboxylic acids is 4. The molecule has 16 aromatic rings. The van der Waals surface area contributed by atoms with E-state index in [9.17, 15) is 19.2 Å². The smallest absolute Gasteiger partial charge is 0.255 e. The Kier molecular flexibility index (Phi) is 35.4. The molecule has 4 amide bonds. The van der Waals surface area contributed by atoms with Crippen LogP contribution in [0.1, 0.15) is 31.8 Å². The summed E-state index contributed by atoms with van der Waals surface area (Å²) in [6.07, 6.45) is 6.61. The Morgan fingerprint density at radius 3 is 0.831 bits per heavy atom. The number of anilines is 22. The summed E-state index contributed by atoms with van der Waals surface area (Å²) in [6, 6.07) is 93.6. The molecule has 12 aromatic carbocycles. The van der Waals surface area contributed by atoms with E-state index < -0.39 is 0 Å². The van der Waals surface area contributed by atoms with Gasteiger partial charge in [0.15, 0.2) is 46.3 Å². The third kappa shape index (κ3) is 28.7. The van der Waals surface area contributed by atoms with E-state index in [0.717, 1.165) is 86.5 Å². The summed E-state index contributed by atoms with van der Waals surface area (Å²) < 4.78 is 32.1. The van der Waals surface area contributed by atoms with Gasteiger partial charge in [0.05, 0.1) is 138 Å². The van der Waals surface area contributed by atoms with Crippen LogP contribution in [0, 0.1) is 0 Å². The maximum absolute atomic E-state index is 12.7. The van der Waals surface area contributed by atoms with Crippen molar-refractivity contribution in [3.05, 3.63) is 370 Å². The van der Waals surface area contributed by atoms with E-state index in [0.29, 0.717) is 158 Å². The van der Waals surface area contributed by atoms with E-state index in [2.05, 4.69) is 138 Å². The molecule has 0 atom stereocenters. The second kappa shape index (κ2) is 50.4. The topological polar surface area (TPSA) is 378 Å². The van der Waals surface area contributed by atoms with E-state index in [-0.39, 0.29) is 36.5 Å². The number of benzene rings is 12. The third-order valence-electron chi connectivity index (χ3n) is 21.5. The molecule has 12 N–H and O–H groups in total. The van der Waals surface area contributed by atoms with Gasteiger partial charge in [0, 0.05) is 83.6 Å². The normalized spacial score (nSPS) is 11.8. The van der Waals surface area contributed by atoms with Gasteiger partial charge in [0.1, 0.15) is 20.1 Å². The number of hydrogen-bond donors (Lipinski definition) is 12. The Bertz CT molecular complexity index is 6940. The van der Waals surface area contributed by atoms with E-state index >= 15 is 0 Å². The predicted octanol–water partition coefficient (Wildman–Crippen LogP) is 23.0. The molecule has 720 valence electrons. The number of nitrogens with zero attached hydrogens (tertiary/aromatic N) is 10. The van der Waals surface area contributed by atoms with Crippen LogP contribution in [0.15, 0.2) is 328 Å². The lowest BCUT2D eigenvalue weighted by molar-refractivity contribution is -0.116. The summed E-state index contributed by atoms with van der Waals surface area (Å²) in [5.74, 6) is 4.75. The maximum atomic E-state index is 12.7. The molecule has 6 heterocycles. The molecule has 18 rings (SSSR count). The Morgan fingerprint density at radius 2 is 0.542 bits per heavy atom. The number of nitrogens with one attached hydrogen (secondary N) is 12. The Morgan fingerprint density at radius 1 is 0.289 bits per heavy atom. The Balaban J connectivity index is 0.000000143. The summed E-state index contributed by atoms with van der Waals surface area (Å²) in [5.41, 5.74) is 13.5. The minimum atomic E-state index is -0.223. The summed E-state index contributed by atoms with van der Waals surface area (Å²) in [7, 11) is 6.29. The molecule has 0 bridgehead atoms. The van der Waals surface area contributed by atoms with Crippen molar-refractivity contribution in [1.29, 1.82) is 0 Å². The van der Waals surface area contributed by atoms with Gasteiger partial charge in [-0.1, -0.05) is 192 Å². The molecular formula is C106H98Cl4N22O10. The van der Waals surface area contributed by atoms with Crippen molar-refractivity contribution in [2.45, 2.75) is 12.8 Å². The molecule has 0 spiro atoms. The molecule has 4 aromatic heterocycles. The average Bonchev–Trinajstić information content (AvgIpc) is 0.827. The predicted molar refractivity (Wildman–Crippen MR) is 565 cm³/mol. The zero-order valence-corrected chi connectivity index (χ0v) is 80.3. The molecule has 2 aliphatic heterocycles. The van der Waals surface area contributed by atoms with Crippen molar-refractivity contribution >= 4 is 197 Å². The van der Waals surface area contributed by atoms with Gasteiger partial charge in [-0.05, 0) is 157 Å². The molecule has 0 aliphatic carbocycles.